The van der Waals surface area contributed by atoms with Crippen LogP contribution in [0.2, 0.25) is 0 Å². The molecule has 0 aromatic rings. The van der Waals surface area contributed by atoms with Gasteiger partial charge in [-0.05, 0) is 64.2 Å². The van der Waals surface area contributed by atoms with Gasteiger partial charge in [-0.15, -0.1) is 0 Å². The van der Waals surface area contributed by atoms with Crippen LogP contribution in [0.5, 0.6) is 0 Å². The molecule has 0 bridgehead atoms. The zero-order valence-corrected chi connectivity index (χ0v) is 36.2. The fourth-order valence-corrected chi connectivity index (χ4v) is 5.52. The fraction of sp³-hybridized carbons (Fsp3) is 0.571. The standard InChI is InChI=1S/C49H77NO7/c1-6-8-10-12-14-16-18-20-21-22-23-24-25-26-28-30-32-34-36-38-40-48(52)57-45(43-55-42-41-46(49(53)54)50(3,4)5)44-56-47(51)39-37-35-33-31-29-27-19-17-15-13-11-9-7-2/h8-11,13-17,19-21,23-24,27,29,31,33,45-46H,6-7,12,18,22,25-26,28,30,32,34-44H2,1-5H3/p+1/b10-8+,11-9+,15-13+,16-14+,19-17+,21-20+,24-23+,29-27+,33-31+. The molecule has 2 unspecified atom stereocenters. The lowest BCUT2D eigenvalue weighted by Gasteiger charge is -2.31. The summed E-state index contributed by atoms with van der Waals surface area (Å²) in [4.78, 5) is 36.9. The number of rotatable bonds is 36. The summed E-state index contributed by atoms with van der Waals surface area (Å²) in [5.74, 6) is -1.60. The number of carbonyl (C=O) groups is 3. The van der Waals surface area contributed by atoms with Gasteiger partial charge in [0.05, 0.1) is 34.4 Å². The first-order valence-electron chi connectivity index (χ1n) is 21.5. The van der Waals surface area contributed by atoms with Gasteiger partial charge >= 0.3 is 17.9 Å². The smallest absolute Gasteiger partial charge is 0.362 e. The summed E-state index contributed by atoms with van der Waals surface area (Å²) in [6, 6.07) is -0.634. The molecule has 57 heavy (non-hydrogen) atoms. The van der Waals surface area contributed by atoms with Crippen molar-refractivity contribution >= 4 is 17.9 Å². The average Bonchev–Trinajstić information content (AvgIpc) is 3.17. The van der Waals surface area contributed by atoms with E-state index in [0.29, 0.717) is 19.3 Å². The van der Waals surface area contributed by atoms with Gasteiger partial charge in [-0.25, -0.2) is 4.79 Å². The molecule has 0 aliphatic heterocycles. The van der Waals surface area contributed by atoms with Crippen LogP contribution in [0.15, 0.2) is 109 Å². The molecule has 0 amide bonds. The summed E-state index contributed by atoms with van der Waals surface area (Å²) in [6.07, 6.45) is 52.9. The van der Waals surface area contributed by atoms with Gasteiger partial charge in [-0.1, -0.05) is 155 Å². The van der Waals surface area contributed by atoms with Crippen molar-refractivity contribution in [2.24, 2.45) is 0 Å². The first-order valence-corrected chi connectivity index (χ1v) is 21.5. The van der Waals surface area contributed by atoms with E-state index in [2.05, 4.69) is 68.5 Å². The molecular formula is C49H78NO7+. The predicted octanol–water partition coefficient (Wildman–Crippen LogP) is 11.7. The van der Waals surface area contributed by atoms with E-state index in [1.54, 1.807) is 0 Å². The third-order valence-electron chi connectivity index (χ3n) is 8.80. The van der Waals surface area contributed by atoms with Crippen LogP contribution < -0.4 is 0 Å². The number of allylic oxidation sites excluding steroid dienone is 18. The second-order valence-corrected chi connectivity index (χ2v) is 15.0. The predicted molar refractivity (Wildman–Crippen MR) is 238 cm³/mol. The highest BCUT2D eigenvalue weighted by atomic mass is 16.6. The Morgan fingerprint density at radius 3 is 1.61 bits per heavy atom. The van der Waals surface area contributed by atoms with Gasteiger partial charge in [0.15, 0.2) is 12.1 Å². The second-order valence-electron chi connectivity index (χ2n) is 15.0. The molecule has 0 aromatic carbocycles. The van der Waals surface area contributed by atoms with Crippen LogP contribution in [-0.4, -0.2) is 80.6 Å². The summed E-state index contributed by atoms with van der Waals surface area (Å²) in [5.41, 5.74) is 0. The highest BCUT2D eigenvalue weighted by molar-refractivity contribution is 5.72. The monoisotopic (exact) mass is 793 g/mol. The molecule has 0 rings (SSSR count). The van der Waals surface area contributed by atoms with Crippen LogP contribution in [0.4, 0.5) is 0 Å². The third-order valence-corrected chi connectivity index (χ3v) is 8.80. The number of esters is 2. The Hall–Kier alpha value is -4.01. The normalized spacial score (nSPS) is 14.1. The van der Waals surface area contributed by atoms with Crippen LogP contribution in [0.25, 0.3) is 0 Å². The van der Waals surface area contributed by atoms with Crippen molar-refractivity contribution in [3.8, 4) is 0 Å². The van der Waals surface area contributed by atoms with E-state index in [9.17, 15) is 19.5 Å². The number of unbranched alkanes of at least 4 members (excludes halogenated alkanes) is 8. The maximum Gasteiger partial charge on any atom is 0.362 e. The summed E-state index contributed by atoms with van der Waals surface area (Å²) in [7, 11) is 5.48. The minimum absolute atomic E-state index is 0.0260. The minimum Gasteiger partial charge on any atom is -0.477 e. The van der Waals surface area contributed by atoms with E-state index in [1.807, 2.05) is 75.8 Å². The first kappa shape index (κ1) is 53.0. The molecule has 0 saturated carbocycles. The van der Waals surface area contributed by atoms with Crippen LogP contribution >= 0.6 is 0 Å². The van der Waals surface area contributed by atoms with Gasteiger partial charge in [0.1, 0.15) is 6.61 Å². The van der Waals surface area contributed by atoms with Crippen molar-refractivity contribution in [3.63, 3.8) is 0 Å². The molecule has 0 heterocycles. The van der Waals surface area contributed by atoms with Crippen molar-refractivity contribution in [2.45, 2.75) is 142 Å². The number of quaternary nitrogens is 1. The van der Waals surface area contributed by atoms with Gasteiger partial charge < -0.3 is 23.8 Å². The zero-order chi connectivity index (χ0) is 42.1. The van der Waals surface area contributed by atoms with E-state index in [1.165, 1.54) is 19.3 Å². The number of carboxylic acids is 1. The van der Waals surface area contributed by atoms with Crippen LogP contribution in [0.1, 0.15) is 129 Å². The quantitative estimate of drug-likeness (QED) is 0.0222. The molecule has 0 aliphatic carbocycles. The fourth-order valence-electron chi connectivity index (χ4n) is 5.52. The molecule has 0 fully saturated rings. The van der Waals surface area contributed by atoms with Crippen molar-refractivity contribution in [3.05, 3.63) is 109 Å². The molecule has 0 radical (unpaired) electrons. The number of aliphatic carboxylic acids is 1. The number of hydrogen-bond acceptors (Lipinski definition) is 6. The molecule has 0 saturated heterocycles. The van der Waals surface area contributed by atoms with Crippen molar-refractivity contribution in [1.82, 2.24) is 0 Å². The lowest BCUT2D eigenvalue weighted by atomic mass is 10.1. The first-order chi connectivity index (χ1) is 27.6. The molecule has 1 N–H and O–H groups in total. The van der Waals surface area contributed by atoms with E-state index in [0.717, 1.165) is 70.6 Å². The minimum atomic E-state index is -0.893. The SMILES string of the molecule is CC/C=C/C=C/C=C/C=C/C=C/CCCC(=O)OCC(COCCC(C(=O)O)[N+](C)(C)C)OC(=O)CCCCCCCCC/C=C/C/C=C/C/C=C/C/C=C/CC. The van der Waals surface area contributed by atoms with E-state index >= 15 is 0 Å². The van der Waals surface area contributed by atoms with Crippen molar-refractivity contribution in [1.29, 1.82) is 0 Å². The largest absolute Gasteiger partial charge is 0.477 e. The maximum atomic E-state index is 12.7. The Kier molecular flexibility index (Phi) is 36.1. The summed E-state index contributed by atoms with van der Waals surface area (Å²) < 4.78 is 17.2. The van der Waals surface area contributed by atoms with Gasteiger partial charge in [0.2, 0.25) is 0 Å². The molecule has 8 nitrogen and oxygen atoms in total. The second kappa shape index (κ2) is 38.8. The summed E-state index contributed by atoms with van der Waals surface area (Å²) in [6.45, 7) is 4.36. The Bertz CT molecular complexity index is 1290. The topological polar surface area (TPSA) is 99.1 Å². The number of likely N-dealkylation sites (N-methyl/N-ethyl adjacent to an activating group) is 1. The van der Waals surface area contributed by atoms with Gasteiger partial charge in [0.25, 0.3) is 0 Å². The average molecular weight is 793 g/mol. The van der Waals surface area contributed by atoms with Gasteiger partial charge in [-0.2, -0.15) is 0 Å². The van der Waals surface area contributed by atoms with E-state index in [-0.39, 0.29) is 42.7 Å². The number of carboxylic acid groups (broad SMARTS) is 1. The molecule has 0 aliphatic rings. The summed E-state index contributed by atoms with van der Waals surface area (Å²) >= 11 is 0. The molecule has 2 atom stereocenters. The van der Waals surface area contributed by atoms with Crippen molar-refractivity contribution < 1.29 is 38.2 Å². The molecule has 0 aromatic heterocycles. The Balaban J connectivity index is 4.47. The highest BCUT2D eigenvalue weighted by Gasteiger charge is 2.31. The molecule has 320 valence electrons. The third kappa shape index (κ3) is 37.3. The van der Waals surface area contributed by atoms with Crippen molar-refractivity contribution in [2.75, 3.05) is 41.0 Å². The maximum absolute atomic E-state index is 12.7. The highest BCUT2D eigenvalue weighted by Crippen LogP contribution is 2.13. The number of carbonyl (C=O) groups excluding carboxylic acids is 2. The van der Waals surface area contributed by atoms with Crippen LogP contribution in [0.3, 0.4) is 0 Å². The lowest BCUT2D eigenvalue weighted by molar-refractivity contribution is -0.887. The Morgan fingerprint density at radius 1 is 0.544 bits per heavy atom. The number of hydrogen-bond donors (Lipinski definition) is 1. The number of nitrogens with zero attached hydrogens (tertiary/aromatic N) is 1. The van der Waals surface area contributed by atoms with Gasteiger partial charge in [-0.3, -0.25) is 9.59 Å². The Labute approximate surface area is 347 Å². The van der Waals surface area contributed by atoms with Gasteiger partial charge in [0, 0.05) is 19.3 Å². The molecule has 0 spiro atoms. The number of ether oxygens (including phenoxy) is 3. The zero-order valence-electron chi connectivity index (χ0n) is 36.2. The summed E-state index contributed by atoms with van der Waals surface area (Å²) in [5, 5.41) is 9.61. The van der Waals surface area contributed by atoms with E-state index < -0.39 is 18.1 Å². The molecule has 8 heteroatoms. The van der Waals surface area contributed by atoms with Crippen LogP contribution in [-0.2, 0) is 28.6 Å². The Morgan fingerprint density at radius 2 is 1.04 bits per heavy atom. The molecular weight excluding hydrogens is 715 g/mol. The lowest BCUT2D eigenvalue weighted by Crippen LogP contribution is -2.50. The van der Waals surface area contributed by atoms with E-state index in [4.69, 9.17) is 14.2 Å². The van der Waals surface area contributed by atoms with Crippen LogP contribution in [0, 0.1) is 0 Å².